The monoisotopic (exact) mass is 386 g/mol. The fourth-order valence-corrected chi connectivity index (χ4v) is 3.83. The van der Waals surface area contributed by atoms with Gasteiger partial charge in [0.2, 0.25) is 0 Å². The molecule has 22 heavy (non-hydrogen) atoms. The van der Waals surface area contributed by atoms with Gasteiger partial charge in [0, 0.05) is 15.1 Å². The Kier molecular flexibility index (Phi) is 9.89. The van der Waals surface area contributed by atoms with E-state index in [0.717, 1.165) is 23.1 Å². The van der Waals surface area contributed by atoms with Gasteiger partial charge in [-0.25, -0.2) is 0 Å². The highest BCUT2D eigenvalue weighted by molar-refractivity contribution is 9.10. The molecule has 0 aliphatic heterocycles. The van der Waals surface area contributed by atoms with Gasteiger partial charge in [-0.2, -0.15) is 0 Å². The predicted octanol–water partition coefficient (Wildman–Crippen LogP) is 6.00. The fraction of sp³-hybridized carbons (Fsp3) is 0.611. The maximum Gasteiger partial charge on any atom is 0.306 e. The lowest BCUT2D eigenvalue weighted by Gasteiger charge is -2.14. The smallest absolute Gasteiger partial charge is 0.306 e. The normalized spacial score (nSPS) is 12.2. The van der Waals surface area contributed by atoms with Crippen molar-refractivity contribution in [2.45, 2.75) is 57.8 Å². The van der Waals surface area contributed by atoms with E-state index in [1.807, 2.05) is 0 Å². The summed E-state index contributed by atoms with van der Waals surface area (Å²) in [6, 6.07) is 6.28. The Bertz CT molecular complexity index is 462. The van der Waals surface area contributed by atoms with Crippen LogP contribution in [0.4, 0.5) is 0 Å². The molecule has 0 heterocycles. The van der Waals surface area contributed by atoms with Gasteiger partial charge in [0.15, 0.2) is 0 Å². The van der Waals surface area contributed by atoms with Gasteiger partial charge in [0.25, 0.3) is 0 Å². The average molecular weight is 387 g/mol. The van der Waals surface area contributed by atoms with Crippen LogP contribution in [0.5, 0.6) is 0 Å². The van der Waals surface area contributed by atoms with E-state index in [0.29, 0.717) is 18.9 Å². The number of ether oxygens (including phenoxy) is 1. The molecule has 1 aromatic rings. The summed E-state index contributed by atoms with van der Waals surface area (Å²) in [6.07, 6.45) is 5.12. The van der Waals surface area contributed by atoms with Crippen LogP contribution in [0.15, 0.2) is 27.6 Å². The number of thioether (sulfide) groups is 1. The zero-order valence-electron chi connectivity index (χ0n) is 13.9. The van der Waals surface area contributed by atoms with Crippen molar-refractivity contribution < 1.29 is 9.53 Å². The van der Waals surface area contributed by atoms with Gasteiger partial charge < -0.3 is 4.74 Å². The Morgan fingerprint density at radius 3 is 2.77 bits per heavy atom. The number of carbonyl (C=O) groups excluding carboxylic acids is 1. The number of esters is 1. The van der Waals surface area contributed by atoms with Crippen LogP contribution in [0.1, 0.15) is 51.5 Å². The molecule has 0 fully saturated rings. The van der Waals surface area contributed by atoms with Crippen LogP contribution in [0, 0.1) is 12.8 Å². The number of hydrogen-bond acceptors (Lipinski definition) is 3. The van der Waals surface area contributed by atoms with E-state index in [-0.39, 0.29) is 5.97 Å². The number of hydrogen-bond donors (Lipinski definition) is 0. The summed E-state index contributed by atoms with van der Waals surface area (Å²) >= 11 is 5.25. The summed E-state index contributed by atoms with van der Waals surface area (Å²) < 4.78 is 6.51. The van der Waals surface area contributed by atoms with Gasteiger partial charge in [-0.15, -0.1) is 11.8 Å². The minimum absolute atomic E-state index is 0.0781. The SMILES string of the molecule is CCCCC(CC)COC(=O)CCSc1ccc(C)cc1Br. The van der Waals surface area contributed by atoms with Crippen LogP contribution in [-0.4, -0.2) is 18.3 Å². The number of benzene rings is 1. The van der Waals surface area contributed by atoms with E-state index in [1.165, 1.54) is 23.3 Å². The molecule has 0 aliphatic carbocycles. The first kappa shape index (κ1) is 19.6. The molecule has 4 heteroatoms. The third-order valence-corrected chi connectivity index (χ3v) is 5.67. The van der Waals surface area contributed by atoms with Gasteiger partial charge in [0.05, 0.1) is 13.0 Å². The molecular weight excluding hydrogens is 360 g/mol. The fourth-order valence-electron chi connectivity index (χ4n) is 2.15. The number of aryl methyl sites for hydroxylation is 1. The zero-order chi connectivity index (χ0) is 16.4. The second-order valence-corrected chi connectivity index (χ2v) is 7.62. The third-order valence-electron chi connectivity index (χ3n) is 3.67. The van der Waals surface area contributed by atoms with Crippen LogP contribution >= 0.6 is 27.7 Å². The van der Waals surface area contributed by atoms with Crippen molar-refractivity contribution >= 4 is 33.7 Å². The van der Waals surface area contributed by atoms with Crippen LogP contribution in [0.2, 0.25) is 0 Å². The van der Waals surface area contributed by atoms with Crippen molar-refractivity contribution in [3.8, 4) is 0 Å². The van der Waals surface area contributed by atoms with Crippen molar-refractivity contribution in [1.82, 2.24) is 0 Å². The second kappa shape index (κ2) is 11.1. The molecule has 1 rings (SSSR count). The molecule has 0 saturated heterocycles. The van der Waals surface area contributed by atoms with Crippen molar-refractivity contribution in [1.29, 1.82) is 0 Å². The van der Waals surface area contributed by atoms with Crippen molar-refractivity contribution in [3.05, 3.63) is 28.2 Å². The minimum atomic E-state index is -0.0781. The first-order valence-electron chi connectivity index (χ1n) is 8.11. The molecule has 0 amide bonds. The quantitative estimate of drug-likeness (QED) is 0.364. The number of carbonyl (C=O) groups is 1. The van der Waals surface area contributed by atoms with Gasteiger partial charge in [-0.1, -0.05) is 39.2 Å². The van der Waals surface area contributed by atoms with Gasteiger partial charge >= 0.3 is 5.97 Å². The van der Waals surface area contributed by atoms with Crippen LogP contribution in [-0.2, 0) is 9.53 Å². The van der Waals surface area contributed by atoms with Gasteiger partial charge in [0.1, 0.15) is 0 Å². The highest BCUT2D eigenvalue weighted by Crippen LogP contribution is 2.28. The summed E-state index contributed by atoms with van der Waals surface area (Å²) in [5.74, 6) is 1.19. The Hall–Kier alpha value is -0.480. The molecule has 2 nitrogen and oxygen atoms in total. The molecule has 0 N–H and O–H groups in total. The van der Waals surface area contributed by atoms with E-state index < -0.39 is 0 Å². The lowest BCUT2D eigenvalue weighted by atomic mass is 10.0. The lowest BCUT2D eigenvalue weighted by Crippen LogP contribution is -2.14. The summed E-state index contributed by atoms with van der Waals surface area (Å²) in [5, 5.41) is 0. The van der Waals surface area contributed by atoms with Gasteiger partial charge in [-0.3, -0.25) is 4.79 Å². The molecule has 1 atom stereocenters. The van der Waals surface area contributed by atoms with E-state index in [4.69, 9.17) is 4.74 Å². The van der Waals surface area contributed by atoms with Gasteiger partial charge in [-0.05, 0) is 52.9 Å². The molecule has 0 bridgehead atoms. The predicted molar refractivity (Wildman–Crippen MR) is 98.5 cm³/mol. The standard InChI is InChI=1S/C18H27BrO2S/c1-4-6-7-15(5-2)13-21-18(20)10-11-22-17-9-8-14(3)12-16(17)19/h8-9,12,15H,4-7,10-11,13H2,1-3H3. The number of halogens is 1. The topological polar surface area (TPSA) is 26.3 Å². The average Bonchev–Trinajstić information content (AvgIpc) is 2.49. The highest BCUT2D eigenvalue weighted by Gasteiger charge is 2.10. The van der Waals surface area contributed by atoms with Crippen LogP contribution in [0.25, 0.3) is 0 Å². The van der Waals surface area contributed by atoms with Crippen molar-refractivity contribution in [3.63, 3.8) is 0 Å². The maximum atomic E-state index is 11.8. The molecule has 124 valence electrons. The lowest BCUT2D eigenvalue weighted by molar-refractivity contribution is -0.144. The van der Waals surface area contributed by atoms with Crippen LogP contribution in [0.3, 0.4) is 0 Å². The summed E-state index contributed by atoms with van der Waals surface area (Å²) in [7, 11) is 0. The van der Waals surface area contributed by atoms with E-state index in [1.54, 1.807) is 11.8 Å². The molecule has 1 unspecified atom stereocenters. The Morgan fingerprint density at radius 2 is 2.14 bits per heavy atom. The van der Waals surface area contributed by atoms with Crippen molar-refractivity contribution in [2.75, 3.05) is 12.4 Å². The number of unbranched alkanes of at least 4 members (excludes halogenated alkanes) is 1. The maximum absolute atomic E-state index is 11.8. The highest BCUT2D eigenvalue weighted by atomic mass is 79.9. The molecule has 0 spiro atoms. The first-order chi connectivity index (χ1) is 10.6. The number of rotatable bonds is 10. The largest absolute Gasteiger partial charge is 0.465 e. The van der Waals surface area contributed by atoms with Crippen LogP contribution < -0.4 is 0 Å². The minimum Gasteiger partial charge on any atom is -0.465 e. The Labute approximate surface area is 147 Å². The first-order valence-corrected chi connectivity index (χ1v) is 9.89. The summed E-state index contributed by atoms with van der Waals surface area (Å²) in [5.41, 5.74) is 1.23. The summed E-state index contributed by atoms with van der Waals surface area (Å²) in [4.78, 5) is 13.0. The van der Waals surface area contributed by atoms with E-state index >= 15 is 0 Å². The Morgan fingerprint density at radius 1 is 1.36 bits per heavy atom. The molecule has 1 aromatic carbocycles. The van der Waals surface area contributed by atoms with E-state index in [2.05, 4.69) is 54.9 Å². The second-order valence-electron chi connectivity index (χ2n) is 5.63. The van der Waals surface area contributed by atoms with E-state index in [9.17, 15) is 4.79 Å². The molecule has 0 radical (unpaired) electrons. The van der Waals surface area contributed by atoms with Crippen molar-refractivity contribution in [2.24, 2.45) is 5.92 Å². The Balaban J connectivity index is 2.25. The molecular formula is C18H27BrO2S. The molecule has 0 aliphatic rings. The molecule has 0 aromatic heterocycles. The zero-order valence-corrected chi connectivity index (χ0v) is 16.3. The molecule has 0 saturated carbocycles. The summed E-state index contributed by atoms with van der Waals surface area (Å²) in [6.45, 7) is 7.01. The third kappa shape index (κ3) is 7.68.